The molecule has 0 unspecified atom stereocenters. The fourth-order valence-corrected chi connectivity index (χ4v) is 4.54. The van der Waals surface area contributed by atoms with Crippen LogP contribution in [0.4, 0.5) is 4.39 Å². The Labute approximate surface area is 168 Å². The lowest BCUT2D eigenvalue weighted by Crippen LogP contribution is -2.41. The van der Waals surface area contributed by atoms with Crippen LogP contribution >= 0.6 is 11.3 Å². The number of fused-ring (bicyclic) bond motifs is 1. The smallest absolute Gasteiger partial charge is 0.263 e. The van der Waals surface area contributed by atoms with E-state index in [2.05, 4.69) is 4.90 Å². The summed E-state index contributed by atoms with van der Waals surface area (Å²) in [6.45, 7) is 4.92. The van der Waals surface area contributed by atoms with E-state index in [1.165, 1.54) is 23.5 Å². The van der Waals surface area contributed by atoms with E-state index in [1.807, 2.05) is 31.3 Å². The van der Waals surface area contributed by atoms with Crippen molar-refractivity contribution < 1.29 is 13.9 Å². The van der Waals surface area contributed by atoms with Crippen molar-refractivity contribution >= 4 is 27.3 Å². The summed E-state index contributed by atoms with van der Waals surface area (Å²) in [5.41, 5.74) is 1.97. The number of ether oxygens (including phenoxy) is 1. The summed E-state index contributed by atoms with van der Waals surface area (Å²) in [4.78, 5) is 17.8. The van der Waals surface area contributed by atoms with E-state index in [0.717, 1.165) is 58.9 Å². The first-order valence-electron chi connectivity index (χ1n) is 9.46. The summed E-state index contributed by atoms with van der Waals surface area (Å²) in [5.74, 6) is -0.210. The van der Waals surface area contributed by atoms with Crippen LogP contribution in [0, 0.1) is 5.82 Å². The second-order valence-corrected chi connectivity index (χ2v) is 8.10. The standard InChI is InChI=1S/C22H23FN2O2S/c1-24(9-10-25-11-13-27-14-12-25)22(26)21-15-19-18(3-2-4-20(19)28-21)16-5-7-17(23)8-6-16/h2-8,15H,9-14H2,1H3. The van der Waals surface area contributed by atoms with Crippen LogP contribution in [0.2, 0.25) is 0 Å². The Morgan fingerprint density at radius 3 is 2.68 bits per heavy atom. The maximum absolute atomic E-state index is 13.3. The lowest BCUT2D eigenvalue weighted by Gasteiger charge is -2.28. The number of hydrogen-bond donors (Lipinski definition) is 0. The van der Waals surface area contributed by atoms with Gasteiger partial charge in [-0.25, -0.2) is 4.39 Å². The molecule has 1 fully saturated rings. The van der Waals surface area contributed by atoms with Crippen molar-refractivity contribution in [1.29, 1.82) is 0 Å². The number of morpholine rings is 1. The normalized spacial score (nSPS) is 15.1. The fourth-order valence-electron chi connectivity index (χ4n) is 3.45. The fraction of sp³-hybridized carbons (Fsp3) is 0.318. The van der Waals surface area contributed by atoms with Crippen molar-refractivity contribution in [1.82, 2.24) is 9.80 Å². The SMILES string of the molecule is CN(CCN1CCOCC1)C(=O)c1cc2c(-c3ccc(F)cc3)cccc2s1. The highest BCUT2D eigenvalue weighted by Gasteiger charge is 2.18. The van der Waals surface area contributed by atoms with Crippen LogP contribution in [0.3, 0.4) is 0 Å². The van der Waals surface area contributed by atoms with Crippen molar-refractivity contribution in [3.63, 3.8) is 0 Å². The number of thiophene rings is 1. The minimum atomic E-state index is -0.251. The number of carbonyl (C=O) groups excluding carboxylic acids is 1. The van der Waals surface area contributed by atoms with E-state index in [4.69, 9.17) is 4.74 Å². The summed E-state index contributed by atoms with van der Waals surface area (Å²) in [7, 11) is 1.86. The molecule has 0 aliphatic carbocycles. The lowest BCUT2D eigenvalue weighted by molar-refractivity contribution is 0.0339. The molecule has 0 saturated carbocycles. The summed E-state index contributed by atoms with van der Waals surface area (Å²) in [6.07, 6.45) is 0. The molecule has 146 valence electrons. The maximum atomic E-state index is 13.3. The van der Waals surface area contributed by atoms with Gasteiger partial charge in [-0.05, 0) is 35.4 Å². The number of nitrogens with zero attached hydrogens (tertiary/aromatic N) is 2. The van der Waals surface area contributed by atoms with E-state index in [9.17, 15) is 9.18 Å². The molecule has 1 aliphatic rings. The molecule has 1 amide bonds. The van der Waals surface area contributed by atoms with Gasteiger partial charge in [0.15, 0.2) is 0 Å². The number of hydrogen-bond acceptors (Lipinski definition) is 4. The van der Waals surface area contributed by atoms with E-state index in [1.54, 1.807) is 17.0 Å². The van der Waals surface area contributed by atoms with Crippen LogP contribution in [0.25, 0.3) is 21.2 Å². The average Bonchev–Trinajstić information content (AvgIpc) is 3.17. The largest absolute Gasteiger partial charge is 0.379 e. The summed E-state index contributed by atoms with van der Waals surface area (Å²) >= 11 is 1.51. The van der Waals surface area contributed by atoms with Gasteiger partial charge >= 0.3 is 0 Å². The van der Waals surface area contributed by atoms with Crippen molar-refractivity contribution in [3.8, 4) is 11.1 Å². The minimum absolute atomic E-state index is 0.0412. The van der Waals surface area contributed by atoms with E-state index in [-0.39, 0.29) is 11.7 Å². The zero-order valence-corrected chi connectivity index (χ0v) is 16.7. The van der Waals surface area contributed by atoms with Crippen LogP contribution in [-0.2, 0) is 4.74 Å². The average molecular weight is 399 g/mol. The van der Waals surface area contributed by atoms with Crippen molar-refractivity contribution in [2.24, 2.45) is 0 Å². The Morgan fingerprint density at radius 2 is 1.93 bits per heavy atom. The molecule has 0 bridgehead atoms. The molecule has 28 heavy (non-hydrogen) atoms. The van der Waals surface area contributed by atoms with Gasteiger partial charge in [0.1, 0.15) is 5.82 Å². The van der Waals surface area contributed by atoms with Gasteiger partial charge in [0.25, 0.3) is 5.91 Å². The van der Waals surface area contributed by atoms with Gasteiger partial charge in [-0.2, -0.15) is 0 Å². The lowest BCUT2D eigenvalue weighted by atomic mass is 10.0. The third kappa shape index (κ3) is 4.09. The Morgan fingerprint density at radius 1 is 1.18 bits per heavy atom. The first-order valence-corrected chi connectivity index (χ1v) is 10.3. The number of likely N-dealkylation sites (N-methyl/N-ethyl adjacent to an activating group) is 1. The second-order valence-electron chi connectivity index (χ2n) is 7.02. The van der Waals surface area contributed by atoms with Crippen molar-refractivity contribution in [2.45, 2.75) is 0 Å². The third-order valence-electron chi connectivity index (χ3n) is 5.13. The zero-order valence-electron chi connectivity index (χ0n) is 15.9. The predicted molar refractivity (Wildman–Crippen MR) is 111 cm³/mol. The predicted octanol–water partition coefficient (Wildman–Crippen LogP) is 4.11. The molecule has 1 aromatic heterocycles. The van der Waals surface area contributed by atoms with Gasteiger partial charge in [-0.15, -0.1) is 11.3 Å². The molecule has 0 atom stereocenters. The topological polar surface area (TPSA) is 32.8 Å². The molecule has 2 aromatic carbocycles. The molecule has 3 aromatic rings. The Balaban J connectivity index is 1.53. The molecular weight excluding hydrogens is 375 g/mol. The number of halogens is 1. The molecule has 1 saturated heterocycles. The number of carbonyl (C=O) groups is 1. The molecule has 0 spiro atoms. The summed E-state index contributed by atoms with van der Waals surface area (Å²) in [5, 5.41) is 1.03. The Kier molecular flexibility index (Phi) is 5.71. The molecule has 2 heterocycles. The monoisotopic (exact) mass is 398 g/mol. The number of rotatable bonds is 5. The van der Waals surface area contributed by atoms with Crippen LogP contribution in [0.1, 0.15) is 9.67 Å². The first-order chi connectivity index (χ1) is 13.6. The highest BCUT2D eigenvalue weighted by molar-refractivity contribution is 7.20. The van der Waals surface area contributed by atoms with E-state index >= 15 is 0 Å². The molecule has 0 radical (unpaired) electrons. The first kappa shape index (κ1) is 19.1. The Bertz CT molecular complexity index is 964. The van der Waals surface area contributed by atoms with Crippen molar-refractivity contribution in [2.75, 3.05) is 46.4 Å². The van der Waals surface area contributed by atoms with Gasteiger partial charge in [0.05, 0.1) is 18.1 Å². The minimum Gasteiger partial charge on any atom is -0.379 e. The molecule has 0 N–H and O–H groups in total. The summed E-state index contributed by atoms with van der Waals surface area (Å²) < 4.78 is 19.7. The quantitative estimate of drug-likeness (QED) is 0.648. The van der Waals surface area contributed by atoms with Crippen LogP contribution in [-0.4, -0.2) is 62.1 Å². The number of amides is 1. The molecule has 6 heteroatoms. The summed E-state index contributed by atoms with van der Waals surface area (Å²) in [6, 6.07) is 14.5. The number of benzene rings is 2. The zero-order chi connectivity index (χ0) is 19.5. The maximum Gasteiger partial charge on any atom is 0.263 e. The van der Waals surface area contributed by atoms with Gasteiger partial charge in [0, 0.05) is 43.3 Å². The van der Waals surface area contributed by atoms with Gasteiger partial charge in [0.2, 0.25) is 0 Å². The molecule has 4 nitrogen and oxygen atoms in total. The van der Waals surface area contributed by atoms with E-state index < -0.39 is 0 Å². The molecular formula is C22H23FN2O2S. The molecule has 4 rings (SSSR count). The second kappa shape index (κ2) is 8.39. The van der Waals surface area contributed by atoms with Gasteiger partial charge < -0.3 is 9.64 Å². The highest BCUT2D eigenvalue weighted by Crippen LogP contribution is 2.34. The van der Waals surface area contributed by atoms with Crippen LogP contribution in [0.5, 0.6) is 0 Å². The van der Waals surface area contributed by atoms with Gasteiger partial charge in [-0.1, -0.05) is 24.3 Å². The highest BCUT2D eigenvalue weighted by atomic mass is 32.1. The third-order valence-corrected chi connectivity index (χ3v) is 6.22. The van der Waals surface area contributed by atoms with Gasteiger partial charge in [-0.3, -0.25) is 9.69 Å². The Hall–Kier alpha value is -2.28. The van der Waals surface area contributed by atoms with Crippen LogP contribution < -0.4 is 0 Å². The molecule has 1 aliphatic heterocycles. The van der Waals surface area contributed by atoms with Crippen LogP contribution in [0.15, 0.2) is 48.5 Å². The van der Waals surface area contributed by atoms with E-state index in [0.29, 0.717) is 6.54 Å². The van der Waals surface area contributed by atoms with Crippen molar-refractivity contribution in [3.05, 3.63) is 59.2 Å².